The lowest BCUT2D eigenvalue weighted by Gasteiger charge is -2.05. The van der Waals surface area contributed by atoms with Gasteiger partial charge >= 0.3 is 5.69 Å². The van der Waals surface area contributed by atoms with Gasteiger partial charge in [-0.25, -0.2) is 4.79 Å². The number of H-pyrrole nitrogens is 2. The molecule has 0 bridgehead atoms. The van der Waals surface area contributed by atoms with E-state index in [4.69, 9.17) is 12.2 Å². The second-order valence-electron chi connectivity index (χ2n) is 3.72. The van der Waals surface area contributed by atoms with Crippen molar-refractivity contribution in [3.05, 3.63) is 62.9 Å². The van der Waals surface area contributed by atoms with Gasteiger partial charge in [-0.3, -0.25) is 15.2 Å². The largest absolute Gasteiger partial charge is 0.331 e. The van der Waals surface area contributed by atoms with Crippen LogP contribution in [0.25, 0.3) is 0 Å². The highest BCUT2D eigenvalue weighted by Gasteiger charge is 1.97. The van der Waals surface area contributed by atoms with E-state index in [0.717, 1.165) is 5.69 Å². The van der Waals surface area contributed by atoms with E-state index < -0.39 is 11.2 Å². The van der Waals surface area contributed by atoms with Crippen LogP contribution < -0.4 is 22.0 Å². The van der Waals surface area contributed by atoms with Crippen LogP contribution in [0.2, 0.25) is 0 Å². The van der Waals surface area contributed by atoms with E-state index in [1.807, 2.05) is 30.3 Å². The van der Waals surface area contributed by atoms with E-state index in [9.17, 15) is 9.59 Å². The highest BCUT2D eigenvalue weighted by molar-refractivity contribution is 7.80. The number of hydrazone groups is 1. The first-order chi connectivity index (χ1) is 9.65. The highest BCUT2D eigenvalue weighted by atomic mass is 32.1. The number of nitrogens with zero attached hydrogens (tertiary/aromatic N) is 1. The molecule has 0 saturated carbocycles. The third kappa shape index (κ3) is 3.89. The number of aromatic nitrogens is 2. The van der Waals surface area contributed by atoms with Crippen molar-refractivity contribution < 1.29 is 0 Å². The van der Waals surface area contributed by atoms with E-state index in [-0.39, 0.29) is 10.7 Å². The fourth-order valence-electron chi connectivity index (χ4n) is 1.36. The number of hydrogen-bond donors (Lipinski definition) is 4. The predicted molar refractivity (Wildman–Crippen MR) is 81.1 cm³/mol. The Morgan fingerprint density at radius 2 is 2.00 bits per heavy atom. The molecule has 0 unspecified atom stereocenters. The molecule has 0 aliphatic heterocycles. The third-order valence-electron chi connectivity index (χ3n) is 2.25. The minimum atomic E-state index is -0.568. The summed E-state index contributed by atoms with van der Waals surface area (Å²) in [4.78, 5) is 26.6. The van der Waals surface area contributed by atoms with Crippen molar-refractivity contribution in [3.63, 3.8) is 0 Å². The minimum Gasteiger partial charge on any atom is -0.331 e. The van der Waals surface area contributed by atoms with Gasteiger partial charge in [0.1, 0.15) is 0 Å². The maximum absolute atomic E-state index is 11.4. The van der Waals surface area contributed by atoms with E-state index >= 15 is 0 Å². The van der Waals surface area contributed by atoms with Gasteiger partial charge in [0, 0.05) is 11.9 Å². The van der Waals surface area contributed by atoms with Gasteiger partial charge in [0.2, 0.25) is 0 Å². The molecular formula is C12H11N5O2S. The number of rotatable bonds is 3. The molecular weight excluding hydrogens is 278 g/mol. The Bertz CT molecular complexity index is 735. The quantitative estimate of drug-likeness (QED) is 0.372. The number of para-hydroxylation sites is 1. The van der Waals surface area contributed by atoms with Gasteiger partial charge in [-0.2, -0.15) is 5.10 Å². The van der Waals surface area contributed by atoms with Crippen molar-refractivity contribution in [2.75, 3.05) is 5.32 Å². The van der Waals surface area contributed by atoms with Crippen molar-refractivity contribution in [1.29, 1.82) is 0 Å². The van der Waals surface area contributed by atoms with Gasteiger partial charge < -0.3 is 10.3 Å². The van der Waals surface area contributed by atoms with Crippen LogP contribution in [0.5, 0.6) is 0 Å². The molecule has 1 aromatic carbocycles. The van der Waals surface area contributed by atoms with E-state index in [1.165, 1.54) is 12.4 Å². The topological polar surface area (TPSA) is 102 Å². The number of thiocarbonyl (C=S) groups is 1. The molecule has 2 aromatic rings. The van der Waals surface area contributed by atoms with E-state index in [2.05, 4.69) is 25.8 Å². The summed E-state index contributed by atoms with van der Waals surface area (Å²) < 4.78 is 0. The first-order valence-corrected chi connectivity index (χ1v) is 6.03. The van der Waals surface area contributed by atoms with Crippen LogP contribution in [0.3, 0.4) is 0 Å². The maximum atomic E-state index is 11.4. The van der Waals surface area contributed by atoms with E-state index in [0.29, 0.717) is 0 Å². The molecule has 2 rings (SSSR count). The second kappa shape index (κ2) is 6.43. The Hall–Kier alpha value is -2.74. The molecule has 0 fully saturated rings. The summed E-state index contributed by atoms with van der Waals surface area (Å²) in [5.41, 5.74) is 2.50. The lowest BCUT2D eigenvalue weighted by atomic mass is 10.3. The average Bonchev–Trinajstić information content (AvgIpc) is 2.42. The van der Waals surface area contributed by atoms with Crippen LogP contribution in [-0.4, -0.2) is 21.3 Å². The van der Waals surface area contributed by atoms with Gasteiger partial charge in [-0.05, 0) is 24.4 Å². The zero-order valence-corrected chi connectivity index (χ0v) is 11.0. The molecule has 0 saturated heterocycles. The van der Waals surface area contributed by atoms with Crippen LogP contribution >= 0.6 is 12.2 Å². The van der Waals surface area contributed by atoms with Gasteiger partial charge in [0.15, 0.2) is 5.11 Å². The Balaban J connectivity index is 1.94. The first kappa shape index (κ1) is 13.7. The zero-order chi connectivity index (χ0) is 14.4. The molecule has 0 radical (unpaired) electrons. The predicted octanol–water partition coefficient (Wildman–Crippen LogP) is 0.384. The summed E-state index contributed by atoms with van der Waals surface area (Å²) in [5, 5.41) is 7.01. The second-order valence-corrected chi connectivity index (χ2v) is 4.13. The fraction of sp³-hybridized carbons (Fsp3) is 0. The third-order valence-corrected chi connectivity index (χ3v) is 2.44. The lowest BCUT2D eigenvalue weighted by Crippen LogP contribution is -2.26. The molecule has 1 aromatic heterocycles. The summed E-state index contributed by atoms with van der Waals surface area (Å²) in [6.45, 7) is 0. The molecule has 0 spiro atoms. The standard InChI is InChI=1S/C12H11N5O2S/c18-10-8(6-13-11(19)16-10)7-14-17-12(20)15-9-4-2-1-3-5-9/h1-7H,(H2,15,17,20)(H2,13,16,18,19)/b14-7+. The zero-order valence-electron chi connectivity index (χ0n) is 10.2. The smallest absolute Gasteiger partial charge is 0.325 e. The molecule has 8 heteroatoms. The molecule has 0 atom stereocenters. The van der Waals surface area contributed by atoms with Crippen LogP contribution in [-0.2, 0) is 0 Å². The number of aromatic amines is 2. The number of benzene rings is 1. The summed E-state index contributed by atoms with van der Waals surface area (Å²) in [6, 6.07) is 9.33. The maximum Gasteiger partial charge on any atom is 0.325 e. The lowest BCUT2D eigenvalue weighted by molar-refractivity contribution is 1.02. The van der Waals surface area contributed by atoms with Crippen LogP contribution in [0, 0.1) is 0 Å². The monoisotopic (exact) mass is 289 g/mol. The molecule has 0 amide bonds. The summed E-state index contributed by atoms with van der Waals surface area (Å²) in [5.74, 6) is 0. The van der Waals surface area contributed by atoms with Crippen LogP contribution in [0.1, 0.15) is 5.56 Å². The number of anilines is 1. The average molecular weight is 289 g/mol. The van der Waals surface area contributed by atoms with Gasteiger partial charge in [0.05, 0.1) is 11.8 Å². The summed E-state index contributed by atoms with van der Waals surface area (Å²) in [6.07, 6.45) is 2.52. The summed E-state index contributed by atoms with van der Waals surface area (Å²) >= 11 is 5.03. The highest BCUT2D eigenvalue weighted by Crippen LogP contribution is 2.03. The van der Waals surface area contributed by atoms with Gasteiger partial charge in [0.25, 0.3) is 5.56 Å². The molecule has 0 aliphatic carbocycles. The SMILES string of the molecule is O=c1[nH]cc(/C=N/NC(=S)Nc2ccccc2)c(=O)[nH]1. The molecule has 102 valence electrons. The Kier molecular flexibility index (Phi) is 4.40. The van der Waals surface area contributed by atoms with Crippen LogP contribution in [0.15, 0.2) is 51.2 Å². The van der Waals surface area contributed by atoms with Gasteiger partial charge in [-0.15, -0.1) is 0 Å². The van der Waals surface area contributed by atoms with E-state index in [1.54, 1.807) is 0 Å². The first-order valence-electron chi connectivity index (χ1n) is 5.62. The molecule has 20 heavy (non-hydrogen) atoms. The molecule has 1 heterocycles. The van der Waals surface area contributed by atoms with Crippen molar-refractivity contribution in [2.24, 2.45) is 5.10 Å². The number of hydrogen-bond acceptors (Lipinski definition) is 4. The van der Waals surface area contributed by atoms with Crippen molar-refractivity contribution in [2.45, 2.75) is 0 Å². The van der Waals surface area contributed by atoms with Crippen LogP contribution in [0.4, 0.5) is 5.69 Å². The minimum absolute atomic E-state index is 0.208. The Morgan fingerprint density at radius 3 is 2.70 bits per heavy atom. The van der Waals surface area contributed by atoms with Crippen molar-refractivity contribution in [3.8, 4) is 0 Å². The van der Waals surface area contributed by atoms with Gasteiger partial charge in [-0.1, -0.05) is 18.2 Å². The normalized spacial score (nSPS) is 10.4. The fourth-order valence-corrected chi connectivity index (χ4v) is 1.53. The Morgan fingerprint density at radius 1 is 1.25 bits per heavy atom. The molecule has 0 aliphatic rings. The molecule has 7 nitrogen and oxygen atoms in total. The van der Waals surface area contributed by atoms with Crippen molar-refractivity contribution in [1.82, 2.24) is 15.4 Å². The Labute approximate surface area is 118 Å². The number of nitrogens with one attached hydrogen (secondary N) is 4. The summed E-state index contributed by atoms with van der Waals surface area (Å²) in [7, 11) is 0. The molecule has 4 N–H and O–H groups in total. The van der Waals surface area contributed by atoms with Crippen molar-refractivity contribution >= 4 is 29.2 Å².